The molecule has 1 saturated heterocycles. The average Bonchev–Trinajstić information content (AvgIpc) is 3.16. The minimum absolute atomic E-state index is 0.00868. The van der Waals surface area contributed by atoms with Crippen molar-refractivity contribution in [3.63, 3.8) is 0 Å². The Balaban J connectivity index is 1.36. The van der Waals surface area contributed by atoms with Gasteiger partial charge in [-0.3, -0.25) is 14.6 Å². The third kappa shape index (κ3) is 3.43. The first-order valence-electron chi connectivity index (χ1n) is 8.54. The van der Waals surface area contributed by atoms with E-state index in [9.17, 15) is 9.59 Å². The van der Waals surface area contributed by atoms with E-state index in [0.717, 1.165) is 15.9 Å². The van der Waals surface area contributed by atoms with E-state index < -0.39 is 0 Å². The van der Waals surface area contributed by atoms with Crippen LogP contribution < -0.4 is 5.32 Å². The van der Waals surface area contributed by atoms with Crippen LogP contribution in [0.5, 0.6) is 0 Å². The van der Waals surface area contributed by atoms with Gasteiger partial charge in [-0.2, -0.15) is 0 Å². The maximum absolute atomic E-state index is 12.7. The minimum atomic E-state index is -0.0730. The van der Waals surface area contributed by atoms with Gasteiger partial charge in [-0.1, -0.05) is 0 Å². The van der Waals surface area contributed by atoms with E-state index in [-0.39, 0.29) is 17.7 Å². The van der Waals surface area contributed by atoms with E-state index in [1.807, 2.05) is 23.1 Å². The summed E-state index contributed by atoms with van der Waals surface area (Å²) < 4.78 is 1.02. The van der Waals surface area contributed by atoms with Gasteiger partial charge in [0.25, 0.3) is 5.91 Å². The Bertz CT molecular complexity index is 933. The summed E-state index contributed by atoms with van der Waals surface area (Å²) in [5, 5.41) is 2.92. The molecule has 2 aromatic heterocycles. The number of pyridine rings is 1. The second kappa shape index (κ2) is 7.21. The number of piperidine rings is 1. The van der Waals surface area contributed by atoms with Crippen molar-refractivity contribution in [1.29, 1.82) is 0 Å². The highest BCUT2D eigenvalue weighted by Crippen LogP contribution is 2.23. The predicted molar refractivity (Wildman–Crippen MR) is 101 cm³/mol. The van der Waals surface area contributed by atoms with E-state index in [1.165, 1.54) is 11.3 Å². The molecule has 3 aromatic rings. The summed E-state index contributed by atoms with van der Waals surface area (Å²) in [6.45, 7) is 1.18. The van der Waals surface area contributed by atoms with Crippen LogP contribution in [0.25, 0.3) is 10.2 Å². The fourth-order valence-electron chi connectivity index (χ4n) is 3.20. The molecule has 3 heterocycles. The first kappa shape index (κ1) is 16.7. The molecular formula is C19H18N4O2S. The zero-order valence-electron chi connectivity index (χ0n) is 14.1. The number of nitrogens with one attached hydrogen (secondary N) is 1. The van der Waals surface area contributed by atoms with Gasteiger partial charge in [0.2, 0.25) is 5.91 Å². The van der Waals surface area contributed by atoms with E-state index in [4.69, 9.17) is 0 Å². The number of hydrogen-bond donors (Lipinski definition) is 1. The highest BCUT2D eigenvalue weighted by molar-refractivity contribution is 7.16. The Morgan fingerprint density at radius 1 is 1.12 bits per heavy atom. The van der Waals surface area contributed by atoms with Crippen LogP contribution in [0.3, 0.4) is 0 Å². The van der Waals surface area contributed by atoms with E-state index in [1.54, 1.807) is 30.0 Å². The van der Waals surface area contributed by atoms with Crippen molar-refractivity contribution in [1.82, 2.24) is 14.9 Å². The Kier molecular flexibility index (Phi) is 4.62. The fraction of sp³-hybridized carbons (Fsp3) is 0.263. The van der Waals surface area contributed by atoms with Crippen molar-refractivity contribution in [3.05, 3.63) is 53.8 Å². The first-order chi connectivity index (χ1) is 12.7. The molecule has 1 aromatic carbocycles. The zero-order chi connectivity index (χ0) is 17.9. The monoisotopic (exact) mass is 366 g/mol. The number of fused-ring (bicyclic) bond motifs is 1. The normalized spacial score (nSPS) is 15.2. The summed E-state index contributed by atoms with van der Waals surface area (Å²) in [5.41, 5.74) is 4.13. The van der Waals surface area contributed by atoms with Crippen LogP contribution in [0.2, 0.25) is 0 Å². The second-order valence-corrected chi connectivity index (χ2v) is 7.21. The average molecular weight is 366 g/mol. The lowest BCUT2D eigenvalue weighted by Crippen LogP contribution is -2.41. The lowest BCUT2D eigenvalue weighted by atomic mass is 9.95. The van der Waals surface area contributed by atoms with E-state index in [2.05, 4.69) is 15.3 Å². The molecular weight excluding hydrogens is 348 g/mol. The molecule has 6 nitrogen and oxygen atoms in total. The molecule has 2 amide bonds. The zero-order valence-corrected chi connectivity index (χ0v) is 14.9. The molecule has 0 bridgehead atoms. The van der Waals surface area contributed by atoms with Crippen molar-refractivity contribution < 1.29 is 9.59 Å². The van der Waals surface area contributed by atoms with Gasteiger partial charge in [0.15, 0.2) is 0 Å². The number of likely N-dealkylation sites (tertiary alicyclic amines) is 1. The van der Waals surface area contributed by atoms with Crippen molar-refractivity contribution in [2.45, 2.75) is 12.8 Å². The Hall–Kier alpha value is -2.80. The number of rotatable bonds is 3. The quantitative estimate of drug-likeness (QED) is 0.772. The Labute approximate surface area is 154 Å². The summed E-state index contributed by atoms with van der Waals surface area (Å²) >= 11 is 1.53. The Morgan fingerprint density at radius 3 is 2.65 bits per heavy atom. The van der Waals surface area contributed by atoms with Crippen LogP contribution in [0.4, 0.5) is 5.69 Å². The van der Waals surface area contributed by atoms with Crippen molar-refractivity contribution in [3.8, 4) is 0 Å². The van der Waals surface area contributed by atoms with Gasteiger partial charge < -0.3 is 10.2 Å². The first-order valence-corrected chi connectivity index (χ1v) is 9.42. The number of carbonyl (C=O) groups is 2. The molecule has 0 saturated carbocycles. The van der Waals surface area contributed by atoms with Gasteiger partial charge in [-0.05, 0) is 43.2 Å². The third-order valence-corrected chi connectivity index (χ3v) is 5.47. The van der Waals surface area contributed by atoms with Crippen LogP contribution in [-0.2, 0) is 4.79 Å². The van der Waals surface area contributed by atoms with Gasteiger partial charge in [-0.15, -0.1) is 11.3 Å². The number of thiazole rings is 1. The molecule has 0 spiro atoms. The summed E-state index contributed by atoms with van der Waals surface area (Å²) in [6, 6.07) is 9.15. The maximum Gasteiger partial charge on any atom is 0.253 e. The van der Waals surface area contributed by atoms with E-state index in [0.29, 0.717) is 31.5 Å². The minimum Gasteiger partial charge on any atom is -0.339 e. The number of anilines is 1. The summed E-state index contributed by atoms with van der Waals surface area (Å²) in [4.78, 5) is 35.1. The summed E-state index contributed by atoms with van der Waals surface area (Å²) in [5.74, 6) is -0.0427. The molecule has 1 fully saturated rings. The smallest absolute Gasteiger partial charge is 0.253 e. The van der Waals surface area contributed by atoms with Gasteiger partial charge in [0.05, 0.1) is 15.7 Å². The van der Waals surface area contributed by atoms with Crippen molar-refractivity contribution >= 4 is 39.1 Å². The van der Waals surface area contributed by atoms with Crippen LogP contribution in [-0.4, -0.2) is 39.8 Å². The number of nitrogens with zero attached hydrogens (tertiary/aromatic N) is 3. The highest BCUT2D eigenvalue weighted by Gasteiger charge is 2.28. The van der Waals surface area contributed by atoms with Gasteiger partial charge >= 0.3 is 0 Å². The largest absolute Gasteiger partial charge is 0.339 e. The molecule has 4 rings (SSSR count). The van der Waals surface area contributed by atoms with Gasteiger partial charge in [0, 0.05) is 42.7 Å². The maximum atomic E-state index is 12.7. The number of benzene rings is 1. The van der Waals surface area contributed by atoms with Crippen LogP contribution in [0, 0.1) is 5.92 Å². The number of aromatic nitrogens is 2. The lowest BCUT2D eigenvalue weighted by molar-refractivity contribution is -0.121. The molecule has 7 heteroatoms. The van der Waals surface area contributed by atoms with Gasteiger partial charge in [0.1, 0.15) is 0 Å². The Morgan fingerprint density at radius 2 is 1.88 bits per heavy atom. The van der Waals surface area contributed by atoms with Crippen LogP contribution in [0.1, 0.15) is 23.2 Å². The fourth-order valence-corrected chi connectivity index (χ4v) is 3.91. The van der Waals surface area contributed by atoms with Crippen LogP contribution >= 0.6 is 11.3 Å². The molecule has 26 heavy (non-hydrogen) atoms. The number of amides is 2. The topological polar surface area (TPSA) is 75.2 Å². The molecule has 0 aliphatic carbocycles. The molecule has 132 valence electrons. The second-order valence-electron chi connectivity index (χ2n) is 6.33. The van der Waals surface area contributed by atoms with Crippen molar-refractivity contribution in [2.24, 2.45) is 5.92 Å². The third-order valence-electron chi connectivity index (χ3n) is 4.68. The van der Waals surface area contributed by atoms with Gasteiger partial charge in [-0.25, -0.2) is 4.98 Å². The SMILES string of the molecule is O=C(Nc1ccncc1)C1CCN(C(=O)c2ccc3ncsc3c2)CC1. The predicted octanol–water partition coefficient (Wildman–Crippen LogP) is 3.18. The molecule has 0 atom stereocenters. The molecule has 1 aliphatic heterocycles. The molecule has 1 aliphatic rings. The molecule has 1 N–H and O–H groups in total. The molecule has 0 radical (unpaired) electrons. The standard InChI is InChI=1S/C19H18N4O2S/c24-18(22-15-3-7-20-8-4-15)13-5-9-23(10-6-13)19(25)14-1-2-16-17(11-14)26-12-21-16/h1-4,7-8,11-13H,5-6,9-10H2,(H,20,22,24). The number of hydrogen-bond acceptors (Lipinski definition) is 5. The lowest BCUT2D eigenvalue weighted by Gasteiger charge is -2.31. The van der Waals surface area contributed by atoms with Crippen molar-refractivity contribution in [2.75, 3.05) is 18.4 Å². The summed E-state index contributed by atoms with van der Waals surface area (Å²) in [7, 11) is 0. The van der Waals surface area contributed by atoms with Crippen LogP contribution in [0.15, 0.2) is 48.2 Å². The highest BCUT2D eigenvalue weighted by atomic mass is 32.1. The van der Waals surface area contributed by atoms with E-state index >= 15 is 0 Å². The molecule has 0 unspecified atom stereocenters. The number of carbonyl (C=O) groups excluding carboxylic acids is 2. The summed E-state index contributed by atoms with van der Waals surface area (Å²) in [6.07, 6.45) is 4.64.